The van der Waals surface area contributed by atoms with E-state index in [9.17, 15) is 20.1 Å². The zero-order valence-electron chi connectivity index (χ0n) is 11.6. The monoisotopic (exact) mass is 268 g/mol. The lowest BCUT2D eigenvalue weighted by molar-refractivity contribution is 0.162. The first-order valence-electron chi connectivity index (χ1n) is 6.00. The number of carbonyl (C=O) groups excluding carboxylic acids is 1. The highest BCUT2D eigenvalue weighted by atomic mass is 16.3. The molecular weight excluding hydrogens is 248 g/mol. The minimum atomic E-state index is -0.610. The Labute approximate surface area is 112 Å². The summed E-state index contributed by atoms with van der Waals surface area (Å²) < 4.78 is 0. The van der Waals surface area contributed by atoms with E-state index in [-0.39, 0.29) is 17.3 Å². The first-order chi connectivity index (χ1) is 8.66. The number of carbonyl (C=O) groups is 1. The highest BCUT2D eigenvalue weighted by Crippen LogP contribution is 2.37. The molecule has 2 amide bonds. The molecule has 1 rings (SSSR count). The second kappa shape index (κ2) is 5.26. The molecule has 1 aromatic carbocycles. The number of hydrogen-bond donors (Lipinski definition) is 4. The number of nitrogens with zero attached hydrogens (tertiary/aromatic N) is 1. The van der Waals surface area contributed by atoms with Gasteiger partial charge in [0.2, 0.25) is 0 Å². The summed E-state index contributed by atoms with van der Waals surface area (Å²) in [6, 6.07) is 1.99. The molecule has 19 heavy (non-hydrogen) atoms. The van der Waals surface area contributed by atoms with Crippen LogP contribution in [0.25, 0.3) is 0 Å². The summed E-state index contributed by atoms with van der Waals surface area (Å²) in [5.41, 5.74) is -0.139. The number of nitrogens with one attached hydrogen (secondary N) is 1. The molecule has 1 aromatic rings. The fourth-order valence-electron chi connectivity index (χ4n) is 1.79. The average Bonchev–Trinajstić information content (AvgIpc) is 2.24. The van der Waals surface area contributed by atoms with E-state index in [1.54, 1.807) is 4.90 Å². The summed E-state index contributed by atoms with van der Waals surface area (Å²) in [6.45, 7) is 8.09. The van der Waals surface area contributed by atoms with E-state index < -0.39 is 17.2 Å². The summed E-state index contributed by atoms with van der Waals surface area (Å²) in [5.74, 6) is -1.59. The van der Waals surface area contributed by atoms with Crippen LogP contribution in [0.1, 0.15) is 27.7 Å². The molecule has 0 unspecified atom stereocenters. The number of phenolic OH excluding ortho intramolecular Hbond substituents is 3. The van der Waals surface area contributed by atoms with Crippen molar-refractivity contribution >= 4 is 11.7 Å². The molecule has 0 spiro atoms. The first kappa shape index (κ1) is 14.9. The van der Waals surface area contributed by atoms with Crippen LogP contribution in [0, 0.1) is 0 Å². The fraction of sp³-hybridized carbons (Fsp3) is 0.462. The molecule has 0 aliphatic heterocycles. The van der Waals surface area contributed by atoms with Crippen molar-refractivity contribution in [1.82, 2.24) is 4.90 Å². The third-order valence-electron chi connectivity index (χ3n) is 2.69. The van der Waals surface area contributed by atoms with Gasteiger partial charge in [-0.25, -0.2) is 4.79 Å². The van der Waals surface area contributed by atoms with E-state index >= 15 is 0 Å². The van der Waals surface area contributed by atoms with Gasteiger partial charge in [0.1, 0.15) is 0 Å². The van der Waals surface area contributed by atoms with Gasteiger partial charge in [0.15, 0.2) is 17.2 Å². The Morgan fingerprint density at radius 2 is 1.68 bits per heavy atom. The molecule has 0 atom stereocenters. The molecule has 4 N–H and O–H groups in total. The molecule has 0 radical (unpaired) electrons. The molecular formula is C13H20N2O4. The lowest BCUT2D eigenvalue weighted by Crippen LogP contribution is -2.47. The Bertz CT molecular complexity index is 457. The van der Waals surface area contributed by atoms with E-state index in [1.165, 1.54) is 12.1 Å². The van der Waals surface area contributed by atoms with Crippen LogP contribution in [0.5, 0.6) is 17.2 Å². The van der Waals surface area contributed by atoms with Gasteiger partial charge in [-0.1, -0.05) is 0 Å². The van der Waals surface area contributed by atoms with E-state index in [1.807, 2.05) is 27.7 Å². The molecule has 0 aromatic heterocycles. The number of anilines is 1. The molecule has 0 aliphatic carbocycles. The molecule has 6 heteroatoms. The van der Waals surface area contributed by atoms with Crippen molar-refractivity contribution in [2.75, 3.05) is 11.9 Å². The molecule has 0 bridgehead atoms. The number of amides is 2. The normalized spacial score (nSPS) is 11.2. The van der Waals surface area contributed by atoms with Crippen molar-refractivity contribution < 1.29 is 20.1 Å². The summed E-state index contributed by atoms with van der Waals surface area (Å²) >= 11 is 0. The van der Waals surface area contributed by atoms with Crippen molar-refractivity contribution in [3.05, 3.63) is 12.1 Å². The summed E-state index contributed by atoms with van der Waals surface area (Å²) in [5, 5.41) is 30.5. The Hall–Kier alpha value is -2.11. The van der Waals surface area contributed by atoms with Gasteiger partial charge >= 0.3 is 6.03 Å². The summed E-state index contributed by atoms with van der Waals surface area (Å²) in [4.78, 5) is 13.7. The van der Waals surface area contributed by atoms with Crippen LogP contribution in [0.15, 0.2) is 12.1 Å². The van der Waals surface area contributed by atoms with Crippen LogP contribution >= 0.6 is 0 Å². The van der Waals surface area contributed by atoms with Gasteiger partial charge in [0.25, 0.3) is 0 Å². The Balaban J connectivity index is 2.94. The number of phenols is 3. The van der Waals surface area contributed by atoms with Gasteiger partial charge in [-0.15, -0.1) is 0 Å². The maximum atomic E-state index is 12.1. The van der Waals surface area contributed by atoms with Gasteiger partial charge < -0.3 is 25.5 Å². The van der Waals surface area contributed by atoms with Crippen LogP contribution in [-0.2, 0) is 0 Å². The van der Waals surface area contributed by atoms with Gasteiger partial charge in [0.05, 0.1) is 5.69 Å². The predicted molar refractivity (Wildman–Crippen MR) is 72.6 cm³/mol. The summed E-state index contributed by atoms with van der Waals surface area (Å²) in [7, 11) is 0. The third-order valence-corrected chi connectivity index (χ3v) is 2.69. The van der Waals surface area contributed by atoms with Crippen molar-refractivity contribution in [1.29, 1.82) is 0 Å². The maximum absolute atomic E-state index is 12.1. The smallest absolute Gasteiger partial charge is 0.322 e. The van der Waals surface area contributed by atoms with Crippen molar-refractivity contribution in [3.63, 3.8) is 0 Å². The van der Waals surface area contributed by atoms with Crippen molar-refractivity contribution in [2.45, 2.75) is 33.2 Å². The molecule has 106 valence electrons. The zero-order valence-corrected chi connectivity index (χ0v) is 11.6. The maximum Gasteiger partial charge on any atom is 0.322 e. The molecule has 0 aliphatic rings. The highest BCUT2D eigenvalue weighted by Gasteiger charge is 2.25. The number of benzene rings is 1. The first-order valence-corrected chi connectivity index (χ1v) is 6.00. The summed E-state index contributed by atoms with van der Waals surface area (Å²) in [6.07, 6.45) is 0. The molecule has 6 nitrogen and oxygen atoms in total. The second-order valence-corrected chi connectivity index (χ2v) is 5.21. The molecule has 0 saturated carbocycles. The van der Waals surface area contributed by atoms with Crippen molar-refractivity contribution in [2.24, 2.45) is 0 Å². The lowest BCUT2D eigenvalue weighted by atomic mass is 10.1. The topological polar surface area (TPSA) is 93.0 Å². The molecule has 0 fully saturated rings. The SMILES string of the molecule is CCN(C(=O)Nc1cc(O)c(O)c(O)c1)C(C)(C)C. The largest absolute Gasteiger partial charge is 0.504 e. The number of aromatic hydroxyl groups is 3. The van der Waals surface area contributed by atoms with E-state index in [2.05, 4.69) is 5.32 Å². The average molecular weight is 268 g/mol. The van der Waals surface area contributed by atoms with E-state index in [0.717, 1.165) is 0 Å². The van der Waals surface area contributed by atoms with Crippen LogP contribution in [0.2, 0.25) is 0 Å². The van der Waals surface area contributed by atoms with E-state index in [0.29, 0.717) is 6.54 Å². The number of urea groups is 1. The van der Waals surface area contributed by atoms with Crippen molar-refractivity contribution in [3.8, 4) is 17.2 Å². The Kier molecular flexibility index (Phi) is 4.14. The van der Waals surface area contributed by atoms with Crippen LogP contribution < -0.4 is 5.32 Å². The van der Waals surface area contributed by atoms with Gasteiger partial charge in [-0.3, -0.25) is 0 Å². The van der Waals surface area contributed by atoms with Gasteiger partial charge in [-0.2, -0.15) is 0 Å². The van der Waals surface area contributed by atoms with Crippen LogP contribution in [-0.4, -0.2) is 38.3 Å². The third kappa shape index (κ3) is 3.43. The van der Waals surface area contributed by atoms with E-state index in [4.69, 9.17) is 0 Å². The van der Waals surface area contributed by atoms with Gasteiger partial charge in [-0.05, 0) is 27.7 Å². The minimum absolute atomic E-state index is 0.209. The number of rotatable bonds is 2. The van der Waals surface area contributed by atoms with Crippen LogP contribution in [0.3, 0.4) is 0 Å². The number of hydrogen-bond acceptors (Lipinski definition) is 4. The van der Waals surface area contributed by atoms with Gasteiger partial charge in [0, 0.05) is 24.2 Å². The predicted octanol–water partition coefficient (Wildman–Crippen LogP) is 2.46. The second-order valence-electron chi connectivity index (χ2n) is 5.21. The highest BCUT2D eigenvalue weighted by molar-refractivity contribution is 5.90. The zero-order chi connectivity index (χ0) is 14.8. The fourth-order valence-corrected chi connectivity index (χ4v) is 1.79. The van der Waals surface area contributed by atoms with Crippen LogP contribution in [0.4, 0.5) is 10.5 Å². The Morgan fingerprint density at radius 1 is 1.21 bits per heavy atom. The lowest BCUT2D eigenvalue weighted by Gasteiger charge is -2.34. The quantitative estimate of drug-likeness (QED) is 0.489. The molecule has 0 saturated heterocycles. The Morgan fingerprint density at radius 3 is 2.05 bits per heavy atom. The minimum Gasteiger partial charge on any atom is -0.504 e. The molecule has 0 heterocycles. The standard InChI is InChI=1S/C13H20N2O4/c1-5-15(13(2,3)4)12(19)14-8-6-9(16)11(18)10(17)7-8/h6-7,16-18H,5H2,1-4H3,(H,14,19).